The van der Waals surface area contributed by atoms with Crippen LogP contribution < -0.4 is 4.90 Å². The fourth-order valence-electron chi connectivity index (χ4n) is 9.95. The molecule has 0 saturated carbocycles. The van der Waals surface area contributed by atoms with Crippen molar-refractivity contribution in [2.45, 2.75) is 19.3 Å². The Hall–Kier alpha value is -7.20. The summed E-state index contributed by atoms with van der Waals surface area (Å²) in [7, 11) is 0. The molecule has 9 aromatic carbocycles. The van der Waals surface area contributed by atoms with E-state index in [1.807, 2.05) is 11.3 Å². The van der Waals surface area contributed by atoms with Gasteiger partial charge in [-0.15, -0.1) is 11.3 Å². The van der Waals surface area contributed by atoms with Crippen LogP contribution in [0.4, 0.5) is 17.1 Å². The summed E-state index contributed by atoms with van der Waals surface area (Å²) in [6.45, 7) is 4.74. The van der Waals surface area contributed by atoms with Crippen molar-refractivity contribution in [3.63, 3.8) is 0 Å². The highest BCUT2D eigenvalue weighted by Crippen LogP contribution is 2.53. The zero-order chi connectivity index (χ0) is 40.0. The van der Waals surface area contributed by atoms with Gasteiger partial charge in [0.05, 0.1) is 22.4 Å². The van der Waals surface area contributed by atoms with Gasteiger partial charge in [0, 0.05) is 53.3 Å². The zero-order valence-corrected chi connectivity index (χ0v) is 34.2. The van der Waals surface area contributed by atoms with Crippen molar-refractivity contribution in [3.8, 4) is 39.1 Å². The van der Waals surface area contributed by atoms with Gasteiger partial charge in [0.1, 0.15) is 0 Å². The van der Waals surface area contributed by atoms with Gasteiger partial charge < -0.3 is 9.47 Å². The molecule has 11 aromatic rings. The second-order valence-corrected chi connectivity index (χ2v) is 17.6. The van der Waals surface area contributed by atoms with Crippen molar-refractivity contribution in [3.05, 3.63) is 217 Å². The number of fused-ring (bicyclic) bond motifs is 9. The lowest BCUT2D eigenvalue weighted by Crippen LogP contribution is -2.17. The molecule has 3 heteroatoms. The van der Waals surface area contributed by atoms with Gasteiger partial charge in [-0.2, -0.15) is 0 Å². The first kappa shape index (κ1) is 34.8. The van der Waals surface area contributed by atoms with Crippen LogP contribution in [0, 0.1) is 0 Å². The Morgan fingerprint density at radius 1 is 0.417 bits per heavy atom. The van der Waals surface area contributed by atoms with Crippen LogP contribution >= 0.6 is 11.3 Å². The van der Waals surface area contributed by atoms with Crippen LogP contribution in [0.15, 0.2) is 206 Å². The predicted octanol–water partition coefficient (Wildman–Crippen LogP) is 16.3. The molecule has 60 heavy (non-hydrogen) atoms. The molecule has 0 unspecified atom stereocenters. The largest absolute Gasteiger partial charge is 0.309 e. The van der Waals surface area contributed by atoms with Gasteiger partial charge in [-0.3, -0.25) is 0 Å². The molecule has 0 spiro atoms. The number of rotatable bonds is 6. The van der Waals surface area contributed by atoms with Gasteiger partial charge in [-0.25, -0.2) is 0 Å². The molecule has 0 saturated heterocycles. The van der Waals surface area contributed by atoms with Crippen LogP contribution in [0.5, 0.6) is 0 Å². The van der Waals surface area contributed by atoms with Crippen LogP contribution in [0.2, 0.25) is 0 Å². The normalized spacial score (nSPS) is 13.0. The summed E-state index contributed by atoms with van der Waals surface area (Å²) in [6, 6.07) is 76.1. The maximum absolute atomic E-state index is 2.52. The zero-order valence-electron chi connectivity index (χ0n) is 33.4. The first-order valence-corrected chi connectivity index (χ1v) is 21.6. The molecule has 1 aliphatic carbocycles. The maximum Gasteiger partial charge on any atom is 0.0555 e. The first-order chi connectivity index (χ1) is 29.5. The molecule has 284 valence electrons. The fraction of sp³-hybridized carbons (Fsp3) is 0.0526. The molecule has 2 aromatic heterocycles. The summed E-state index contributed by atoms with van der Waals surface area (Å²) in [4.78, 5) is 2.52. The standard InChI is InChI=1S/C57H40N2S/c1-57(2)48-23-12-9-21-43(48)44-31-30-41(36-49(44)57)59(50-24-13-10-20-42(50)37-16-5-3-6-17-37)53-26-15-27-55-56(53)47-35-39(29-33-54(47)60-55)38-28-32-52-46(34-38)45-22-11-14-25-51(45)58(52)40-18-7-4-8-19-40/h3-36H,1-2H3. The Balaban J connectivity index is 1.08. The van der Waals surface area contributed by atoms with Gasteiger partial charge in [-0.1, -0.05) is 147 Å². The van der Waals surface area contributed by atoms with E-state index in [9.17, 15) is 0 Å². The van der Waals surface area contributed by atoms with Gasteiger partial charge in [0.15, 0.2) is 0 Å². The molecule has 12 rings (SSSR count). The Labute approximate surface area is 353 Å². The lowest BCUT2D eigenvalue weighted by Gasteiger charge is -2.30. The van der Waals surface area contributed by atoms with Crippen LogP contribution in [0.25, 0.3) is 81.0 Å². The molecule has 0 aliphatic heterocycles. The van der Waals surface area contributed by atoms with E-state index >= 15 is 0 Å². The van der Waals surface area contributed by atoms with Gasteiger partial charge >= 0.3 is 0 Å². The number of aromatic nitrogens is 1. The third-order valence-corrected chi connectivity index (χ3v) is 13.9. The monoisotopic (exact) mass is 784 g/mol. The average molecular weight is 785 g/mol. The number of hydrogen-bond donors (Lipinski definition) is 0. The van der Waals surface area contributed by atoms with Crippen molar-refractivity contribution in [1.29, 1.82) is 0 Å². The lowest BCUT2D eigenvalue weighted by atomic mass is 9.82. The van der Waals surface area contributed by atoms with E-state index in [-0.39, 0.29) is 5.41 Å². The second-order valence-electron chi connectivity index (χ2n) is 16.5. The summed E-state index contributed by atoms with van der Waals surface area (Å²) in [5.41, 5.74) is 17.2. The summed E-state index contributed by atoms with van der Waals surface area (Å²) < 4.78 is 4.94. The minimum absolute atomic E-state index is 0.128. The predicted molar refractivity (Wildman–Crippen MR) is 257 cm³/mol. The van der Waals surface area contributed by atoms with E-state index in [1.165, 1.54) is 97.9 Å². The van der Waals surface area contributed by atoms with Crippen LogP contribution in [0.1, 0.15) is 25.0 Å². The van der Waals surface area contributed by atoms with Crippen molar-refractivity contribution in [2.24, 2.45) is 0 Å². The molecule has 0 bridgehead atoms. The van der Waals surface area contributed by atoms with Gasteiger partial charge in [0.2, 0.25) is 0 Å². The van der Waals surface area contributed by atoms with E-state index < -0.39 is 0 Å². The highest BCUT2D eigenvalue weighted by molar-refractivity contribution is 7.26. The number of thiophene rings is 1. The van der Waals surface area contributed by atoms with E-state index in [2.05, 4.69) is 230 Å². The van der Waals surface area contributed by atoms with Crippen molar-refractivity contribution < 1.29 is 0 Å². The van der Waals surface area contributed by atoms with E-state index in [1.54, 1.807) is 0 Å². The summed E-state index contributed by atoms with van der Waals surface area (Å²) >= 11 is 1.87. The Morgan fingerprint density at radius 2 is 1.07 bits per heavy atom. The van der Waals surface area contributed by atoms with Crippen LogP contribution in [0.3, 0.4) is 0 Å². The number of anilines is 3. The van der Waals surface area contributed by atoms with Gasteiger partial charge in [0.25, 0.3) is 0 Å². The molecule has 2 heterocycles. The van der Waals surface area contributed by atoms with Gasteiger partial charge in [-0.05, 0) is 112 Å². The van der Waals surface area contributed by atoms with E-state index in [0.717, 1.165) is 11.4 Å². The van der Waals surface area contributed by atoms with Crippen molar-refractivity contribution >= 4 is 70.4 Å². The fourth-order valence-corrected chi connectivity index (χ4v) is 11.1. The van der Waals surface area contributed by atoms with Crippen molar-refractivity contribution in [1.82, 2.24) is 4.57 Å². The highest BCUT2D eigenvalue weighted by atomic mass is 32.1. The topological polar surface area (TPSA) is 8.17 Å². The van der Waals surface area contributed by atoms with E-state index in [4.69, 9.17) is 0 Å². The number of benzene rings is 9. The molecule has 2 nitrogen and oxygen atoms in total. The second kappa shape index (κ2) is 13.4. The smallest absolute Gasteiger partial charge is 0.0555 e. The Bertz CT molecular complexity index is 3460. The maximum atomic E-state index is 2.52. The highest BCUT2D eigenvalue weighted by Gasteiger charge is 2.36. The molecule has 0 amide bonds. The quantitative estimate of drug-likeness (QED) is 0.163. The minimum atomic E-state index is -0.128. The molecule has 1 aliphatic rings. The minimum Gasteiger partial charge on any atom is -0.309 e. The molecule has 0 fully saturated rings. The van der Waals surface area contributed by atoms with Crippen LogP contribution in [-0.4, -0.2) is 4.57 Å². The lowest BCUT2D eigenvalue weighted by molar-refractivity contribution is 0.660. The summed E-state index contributed by atoms with van der Waals surface area (Å²) in [5, 5.41) is 5.06. The number of hydrogen-bond acceptors (Lipinski definition) is 2. The average Bonchev–Trinajstić information content (AvgIpc) is 3.92. The molecular weight excluding hydrogens is 745 g/mol. The Morgan fingerprint density at radius 3 is 1.92 bits per heavy atom. The summed E-state index contributed by atoms with van der Waals surface area (Å²) in [5.74, 6) is 0. The molecule has 0 atom stereocenters. The molecule has 0 N–H and O–H groups in total. The third kappa shape index (κ3) is 5.26. The molecule has 0 radical (unpaired) electrons. The number of nitrogens with zero attached hydrogens (tertiary/aromatic N) is 2. The number of para-hydroxylation sites is 3. The SMILES string of the molecule is CC1(C)c2ccccc2-c2ccc(N(c3ccccc3-c3ccccc3)c3cccc4sc5ccc(-c6ccc7c(c6)c6ccccc6n7-c6ccccc6)cc5c34)cc21. The summed E-state index contributed by atoms with van der Waals surface area (Å²) in [6.07, 6.45) is 0. The van der Waals surface area contributed by atoms with Crippen molar-refractivity contribution in [2.75, 3.05) is 4.90 Å². The first-order valence-electron chi connectivity index (χ1n) is 20.8. The van der Waals surface area contributed by atoms with E-state index in [0.29, 0.717) is 0 Å². The van der Waals surface area contributed by atoms with Crippen LogP contribution in [-0.2, 0) is 5.41 Å². The Kier molecular flexibility index (Phi) is 7.79. The molecular formula is C57H40N2S. The third-order valence-electron chi connectivity index (χ3n) is 12.8.